The Hall–Kier alpha value is -2.18. The number of anilines is 1. The first-order chi connectivity index (χ1) is 11.8. The van der Waals surface area contributed by atoms with Crippen molar-refractivity contribution in [3.63, 3.8) is 0 Å². The molecule has 1 fully saturated rings. The SMILES string of the molecule is Cc1ccc(C)c(NC(=O)c2ccc(S(=O)(=O)N(C)C3CC3)cc2)c1. The van der Waals surface area contributed by atoms with E-state index < -0.39 is 10.0 Å². The highest BCUT2D eigenvalue weighted by Crippen LogP contribution is 2.30. The van der Waals surface area contributed by atoms with E-state index in [4.69, 9.17) is 0 Å². The van der Waals surface area contributed by atoms with Crippen molar-refractivity contribution < 1.29 is 13.2 Å². The van der Waals surface area contributed by atoms with Gasteiger partial charge in [-0.1, -0.05) is 12.1 Å². The van der Waals surface area contributed by atoms with Gasteiger partial charge in [0.2, 0.25) is 10.0 Å². The molecule has 0 radical (unpaired) electrons. The predicted molar refractivity (Wildman–Crippen MR) is 98.3 cm³/mol. The van der Waals surface area contributed by atoms with Gasteiger partial charge in [0.1, 0.15) is 0 Å². The summed E-state index contributed by atoms with van der Waals surface area (Å²) in [6, 6.07) is 12.0. The minimum atomic E-state index is -3.49. The zero-order valence-electron chi connectivity index (χ0n) is 14.6. The van der Waals surface area contributed by atoms with Crippen molar-refractivity contribution in [2.75, 3.05) is 12.4 Å². The lowest BCUT2D eigenvalue weighted by Crippen LogP contribution is -2.29. The van der Waals surface area contributed by atoms with Gasteiger partial charge in [-0.25, -0.2) is 8.42 Å². The van der Waals surface area contributed by atoms with Crippen LogP contribution in [-0.4, -0.2) is 31.7 Å². The van der Waals surface area contributed by atoms with Gasteiger partial charge in [0.15, 0.2) is 0 Å². The molecule has 0 bridgehead atoms. The number of hydrogen-bond donors (Lipinski definition) is 1. The van der Waals surface area contributed by atoms with Gasteiger partial charge in [0.25, 0.3) is 5.91 Å². The number of carbonyl (C=O) groups excluding carboxylic acids is 1. The fourth-order valence-electron chi connectivity index (χ4n) is 2.64. The Morgan fingerprint density at radius 2 is 1.72 bits per heavy atom. The maximum absolute atomic E-state index is 12.5. The van der Waals surface area contributed by atoms with E-state index in [0.717, 1.165) is 29.7 Å². The van der Waals surface area contributed by atoms with Crippen LogP contribution in [0, 0.1) is 13.8 Å². The molecule has 0 saturated heterocycles. The quantitative estimate of drug-likeness (QED) is 0.891. The molecule has 1 aliphatic rings. The first-order valence-corrected chi connectivity index (χ1v) is 9.70. The molecule has 2 aromatic rings. The van der Waals surface area contributed by atoms with E-state index >= 15 is 0 Å². The average Bonchev–Trinajstić information content (AvgIpc) is 3.42. The highest BCUT2D eigenvalue weighted by Gasteiger charge is 2.34. The van der Waals surface area contributed by atoms with Crippen LogP contribution in [0.5, 0.6) is 0 Å². The Labute approximate surface area is 148 Å². The van der Waals surface area contributed by atoms with Gasteiger partial charge >= 0.3 is 0 Å². The van der Waals surface area contributed by atoms with Crippen molar-refractivity contribution in [1.82, 2.24) is 4.31 Å². The number of hydrogen-bond acceptors (Lipinski definition) is 3. The van der Waals surface area contributed by atoms with Crippen molar-refractivity contribution in [2.45, 2.75) is 37.6 Å². The third-order valence-electron chi connectivity index (χ3n) is 4.50. The molecular weight excluding hydrogens is 336 g/mol. The Bertz CT molecular complexity index is 901. The van der Waals surface area contributed by atoms with Gasteiger partial charge < -0.3 is 5.32 Å². The van der Waals surface area contributed by atoms with Crippen molar-refractivity contribution in [2.24, 2.45) is 0 Å². The monoisotopic (exact) mass is 358 g/mol. The average molecular weight is 358 g/mol. The molecule has 25 heavy (non-hydrogen) atoms. The second-order valence-corrected chi connectivity index (χ2v) is 8.55. The zero-order chi connectivity index (χ0) is 18.2. The van der Waals surface area contributed by atoms with Gasteiger partial charge in [-0.3, -0.25) is 4.79 Å². The summed E-state index contributed by atoms with van der Waals surface area (Å²) in [4.78, 5) is 12.6. The van der Waals surface area contributed by atoms with Crippen LogP contribution in [-0.2, 0) is 10.0 Å². The standard InChI is InChI=1S/C19H22N2O3S/c1-13-4-5-14(2)18(12-13)20-19(22)15-6-10-17(11-7-15)25(23,24)21(3)16-8-9-16/h4-7,10-12,16H,8-9H2,1-3H3,(H,20,22). The fraction of sp³-hybridized carbons (Fsp3) is 0.316. The first-order valence-electron chi connectivity index (χ1n) is 8.26. The topological polar surface area (TPSA) is 66.5 Å². The van der Waals surface area contributed by atoms with E-state index in [0.29, 0.717) is 5.56 Å². The molecular formula is C19H22N2O3S. The molecule has 1 aliphatic carbocycles. The molecule has 132 valence electrons. The van der Waals surface area contributed by atoms with E-state index in [1.807, 2.05) is 32.0 Å². The van der Waals surface area contributed by atoms with E-state index in [1.54, 1.807) is 19.2 Å². The summed E-state index contributed by atoms with van der Waals surface area (Å²) in [5, 5.41) is 2.88. The highest BCUT2D eigenvalue weighted by molar-refractivity contribution is 7.89. The maximum atomic E-state index is 12.5. The third kappa shape index (κ3) is 3.75. The Morgan fingerprint density at radius 1 is 1.08 bits per heavy atom. The summed E-state index contributed by atoms with van der Waals surface area (Å²) in [6.45, 7) is 3.89. The lowest BCUT2D eigenvalue weighted by molar-refractivity contribution is 0.102. The smallest absolute Gasteiger partial charge is 0.255 e. The normalized spacial score (nSPS) is 14.6. The Kier molecular flexibility index (Phi) is 4.67. The molecule has 6 heteroatoms. The van der Waals surface area contributed by atoms with Crippen LogP contribution >= 0.6 is 0 Å². The summed E-state index contributed by atoms with van der Waals surface area (Å²) >= 11 is 0. The number of benzene rings is 2. The molecule has 0 aromatic heterocycles. The van der Waals surface area contributed by atoms with E-state index in [1.165, 1.54) is 16.4 Å². The number of carbonyl (C=O) groups is 1. The number of rotatable bonds is 5. The third-order valence-corrected chi connectivity index (χ3v) is 6.42. The molecule has 3 rings (SSSR count). The molecule has 5 nitrogen and oxygen atoms in total. The number of sulfonamides is 1. The molecule has 2 aromatic carbocycles. The summed E-state index contributed by atoms with van der Waals surface area (Å²) in [5.41, 5.74) is 3.22. The van der Waals surface area contributed by atoms with Crippen LogP contribution in [0.15, 0.2) is 47.4 Å². The molecule has 0 spiro atoms. The predicted octanol–water partition coefficient (Wildman–Crippen LogP) is 3.34. The van der Waals surface area contributed by atoms with Gasteiger partial charge in [-0.2, -0.15) is 4.31 Å². The fourth-order valence-corrected chi connectivity index (χ4v) is 4.06. The number of amides is 1. The van der Waals surface area contributed by atoms with Gasteiger partial charge in [-0.05, 0) is 68.1 Å². The molecule has 1 amide bonds. The molecule has 0 atom stereocenters. The van der Waals surface area contributed by atoms with E-state index in [2.05, 4.69) is 5.32 Å². The molecule has 1 N–H and O–H groups in total. The van der Waals surface area contributed by atoms with E-state index in [-0.39, 0.29) is 16.8 Å². The van der Waals surface area contributed by atoms with Crippen LogP contribution in [0.3, 0.4) is 0 Å². The summed E-state index contributed by atoms with van der Waals surface area (Å²) in [5.74, 6) is -0.256. The van der Waals surface area contributed by atoms with Crippen molar-refractivity contribution in [1.29, 1.82) is 0 Å². The minimum absolute atomic E-state index is 0.109. The minimum Gasteiger partial charge on any atom is -0.322 e. The van der Waals surface area contributed by atoms with Gasteiger partial charge in [0.05, 0.1) is 4.90 Å². The number of nitrogens with one attached hydrogen (secondary N) is 1. The summed E-state index contributed by atoms with van der Waals surface area (Å²) in [6.07, 6.45) is 1.82. The van der Waals surface area contributed by atoms with Gasteiger partial charge in [-0.15, -0.1) is 0 Å². The second kappa shape index (κ2) is 6.61. The largest absolute Gasteiger partial charge is 0.322 e. The Balaban J connectivity index is 1.78. The van der Waals surface area contributed by atoms with Crippen LogP contribution in [0.2, 0.25) is 0 Å². The summed E-state index contributed by atoms with van der Waals surface area (Å²) < 4.78 is 26.4. The highest BCUT2D eigenvalue weighted by atomic mass is 32.2. The maximum Gasteiger partial charge on any atom is 0.255 e. The molecule has 0 heterocycles. The molecule has 0 aliphatic heterocycles. The van der Waals surface area contributed by atoms with Crippen LogP contribution in [0.4, 0.5) is 5.69 Å². The van der Waals surface area contributed by atoms with Crippen LogP contribution in [0.1, 0.15) is 34.3 Å². The Morgan fingerprint density at radius 3 is 2.32 bits per heavy atom. The van der Waals surface area contributed by atoms with Crippen LogP contribution < -0.4 is 5.32 Å². The molecule has 0 unspecified atom stereocenters. The first kappa shape index (κ1) is 17.6. The van der Waals surface area contributed by atoms with Gasteiger partial charge in [0, 0.05) is 24.3 Å². The number of aryl methyl sites for hydroxylation is 2. The molecule has 1 saturated carbocycles. The van der Waals surface area contributed by atoms with Crippen LogP contribution in [0.25, 0.3) is 0 Å². The summed E-state index contributed by atoms with van der Waals surface area (Å²) in [7, 11) is -1.88. The lowest BCUT2D eigenvalue weighted by Gasteiger charge is -2.16. The lowest BCUT2D eigenvalue weighted by atomic mass is 10.1. The second-order valence-electron chi connectivity index (χ2n) is 6.55. The van der Waals surface area contributed by atoms with Crippen molar-refractivity contribution in [3.8, 4) is 0 Å². The van der Waals surface area contributed by atoms with Crippen molar-refractivity contribution in [3.05, 3.63) is 59.2 Å². The van der Waals surface area contributed by atoms with Crippen molar-refractivity contribution >= 4 is 21.6 Å². The number of nitrogens with zero attached hydrogens (tertiary/aromatic N) is 1. The van der Waals surface area contributed by atoms with E-state index in [9.17, 15) is 13.2 Å². The zero-order valence-corrected chi connectivity index (χ0v) is 15.4.